The zero-order valence-corrected chi connectivity index (χ0v) is 31.4. The zero-order valence-electron chi connectivity index (χ0n) is 29.4. The molecule has 2 aliphatic carbocycles. The minimum absolute atomic E-state index is 0. The van der Waals surface area contributed by atoms with Crippen molar-refractivity contribution in [2.24, 2.45) is 5.92 Å². The van der Waals surface area contributed by atoms with Gasteiger partial charge in [-0.2, -0.15) is 12.6 Å². The first-order chi connectivity index (χ1) is 21.1. The second-order valence-electron chi connectivity index (χ2n) is 13.4. The molecule has 0 aromatic heterocycles. The Labute approximate surface area is 301 Å². The quantitative estimate of drug-likeness (QED) is 0.151. The van der Waals surface area contributed by atoms with E-state index in [1.54, 1.807) is 0 Å². The van der Waals surface area contributed by atoms with Gasteiger partial charge in [0.05, 0.1) is 11.2 Å². The van der Waals surface area contributed by atoms with Gasteiger partial charge in [-0.25, -0.2) is 4.79 Å². The number of benzene rings is 2. The van der Waals surface area contributed by atoms with Crippen LogP contribution in [0.5, 0.6) is 0 Å². The third kappa shape index (κ3) is 12.8. The summed E-state index contributed by atoms with van der Waals surface area (Å²) in [4.78, 5) is 27.1. The summed E-state index contributed by atoms with van der Waals surface area (Å²) in [5, 5.41) is 3.00. The fourth-order valence-electron chi connectivity index (χ4n) is 5.95. The molecule has 2 aromatic rings. The van der Waals surface area contributed by atoms with E-state index in [-0.39, 0.29) is 56.6 Å². The van der Waals surface area contributed by atoms with Gasteiger partial charge in [0.15, 0.2) is 0 Å². The molecule has 2 atom stereocenters. The van der Waals surface area contributed by atoms with Crippen molar-refractivity contribution in [3.05, 3.63) is 80.6 Å². The molecule has 3 aliphatic rings. The molecule has 3 fully saturated rings. The summed E-state index contributed by atoms with van der Waals surface area (Å²) < 4.78 is 18.1. The number of carbonyl (C=O) groups excluding carboxylic acids is 2. The number of thiol groups is 1. The maximum Gasteiger partial charge on any atom is 2.00 e. The molecule has 10 heteroatoms. The predicted octanol–water partition coefficient (Wildman–Crippen LogP) is 7.58. The van der Waals surface area contributed by atoms with Crippen molar-refractivity contribution >= 4 is 37.2 Å². The SMILES string of the molecule is C1CCCC1.CC1(C)OB(c2ccc(COC(=O)N(Cc3ccccc3)C3CCC(CNC(=O)CCS)C3)cc2)OC1(C)C.[CH3-].[CH3-].[Fe+2]. The molecule has 2 saturated carbocycles. The van der Waals surface area contributed by atoms with E-state index < -0.39 is 18.3 Å². The van der Waals surface area contributed by atoms with Crippen molar-refractivity contribution in [1.82, 2.24) is 10.2 Å². The number of hydrogen-bond acceptors (Lipinski definition) is 6. The maximum atomic E-state index is 13.4. The minimum atomic E-state index is -0.425. The summed E-state index contributed by atoms with van der Waals surface area (Å²) in [5.41, 5.74) is 2.11. The molecule has 1 aliphatic heterocycles. The zero-order chi connectivity index (χ0) is 31.6. The second-order valence-corrected chi connectivity index (χ2v) is 13.8. The van der Waals surface area contributed by atoms with Crippen LogP contribution in [-0.4, -0.2) is 53.6 Å². The van der Waals surface area contributed by atoms with Gasteiger partial charge in [0.2, 0.25) is 5.91 Å². The smallest absolute Gasteiger partial charge is 0.445 e. The maximum absolute atomic E-state index is 13.4. The fraction of sp³-hybridized carbons (Fsp3) is 0.568. The molecule has 1 heterocycles. The topological polar surface area (TPSA) is 77.1 Å². The summed E-state index contributed by atoms with van der Waals surface area (Å²) >= 11 is 4.13. The summed E-state index contributed by atoms with van der Waals surface area (Å²) in [7, 11) is -0.425. The third-order valence-corrected chi connectivity index (χ3v) is 9.65. The van der Waals surface area contributed by atoms with Crippen molar-refractivity contribution < 1.29 is 40.7 Å². The average Bonchev–Trinajstić information content (AvgIpc) is 3.77. The van der Waals surface area contributed by atoms with Crippen molar-refractivity contribution in [2.45, 2.75) is 116 Å². The van der Waals surface area contributed by atoms with E-state index in [1.165, 1.54) is 32.1 Å². The van der Waals surface area contributed by atoms with Gasteiger partial charge in [-0.05, 0) is 75.2 Å². The number of carbonyl (C=O) groups is 2. The van der Waals surface area contributed by atoms with Crippen LogP contribution in [0.3, 0.4) is 0 Å². The van der Waals surface area contributed by atoms with E-state index in [0.29, 0.717) is 31.2 Å². The first-order valence-corrected chi connectivity index (χ1v) is 17.0. The second kappa shape index (κ2) is 20.5. The van der Waals surface area contributed by atoms with E-state index in [2.05, 4.69) is 17.9 Å². The third-order valence-electron chi connectivity index (χ3n) is 9.43. The molecular formula is C37H57BFeN2O5S. The van der Waals surface area contributed by atoms with Crippen LogP contribution in [0.4, 0.5) is 4.79 Å². The van der Waals surface area contributed by atoms with Gasteiger partial charge in [0.1, 0.15) is 6.61 Å². The standard InChI is InChI=1S/C30H41BN2O5S.C5H10.2CH3.Fe/c1-29(2)30(3,4)38-31(37-29)25-13-10-23(11-14-25)21-36-28(35)33(20-22-8-6-5-7-9-22)26-15-12-24(18-26)19-32-27(34)16-17-39;1-2-4-5-3-1;;;/h5-11,13-14,24,26,39H,12,15-21H2,1-4H3,(H,32,34);1-5H2;2*1H3;/q;;2*-1;+2. The van der Waals surface area contributed by atoms with Crippen LogP contribution in [0.1, 0.15) is 96.6 Å². The van der Waals surface area contributed by atoms with Crippen LogP contribution >= 0.6 is 12.6 Å². The van der Waals surface area contributed by atoms with Gasteiger partial charge in [0.25, 0.3) is 0 Å². The number of nitrogens with one attached hydrogen (secondary N) is 1. The molecule has 2 aromatic carbocycles. The largest absolute Gasteiger partial charge is 2.00 e. The summed E-state index contributed by atoms with van der Waals surface area (Å²) in [6.45, 7) is 9.45. The van der Waals surface area contributed by atoms with Gasteiger partial charge in [-0.1, -0.05) is 86.7 Å². The number of ether oxygens (including phenoxy) is 1. The van der Waals surface area contributed by atoms with Crippen molar-refractivity contribution in [3.8, 4) is 0 Å². The van der Waals surface area contributed by atoms with Gasteiger partial charge >= 0.3 is 30.3 Å². The Kier molecular flexibility index (Phi) is 18.8. The number of rotatable bonds is 10. The van der Waals surface area contributed by atoms with Crippen LogP contribution < -0.4 is 10.8 Å². The normalized spacial score (nSPS) is 20.4. The number of nitrogens with zero attached hydrogens (tertiary/aromatic N) is 1. The van der Waals surface area contributed by atoms with E-state index in [0.717, 1.165) is 35.9 Å². The van der Waals surface area contributed by atoms with Gasteiger partial charge in [0, 0.05) is 25.6 Å². The molecule has 262 valence electrons. The number of amides is 2. The van der Waals surface area contributed by atoms with Crippen LogP contribution in [0.15, 0.2) is 54.6 Å². The van der Waals surface area contributed by atoms with Crippen LogP contribution in [0.25, 0.3) is 0 Å². The first kappa shape index (κ1) is 43.1. The molecule has 0 spiro atoms. The monoisotopic (exact) mass is 708 g/mol. The molecule has 0 bridgehead atoms. The Morgan fingerprint density at radius 2 is 1.47 bits per heavy atom. The fourth-order valence-corrected chi connectivity index (χ4v) is 6.15. The molecule has 47 heavy (non-hydrogen) atoms. The van der Waals surface area contributed by atoms with Crippen molar-refractivity contribution in [3.63, 3.8) is 0 Å². The van der Waals surface area contributed by atoms with E-state index >= 15 is 0 Å². The van der Waals surface area contributed by atoms with Crippen LogP contribution in [-0.2, 0) is 49.1 Å². The molecule has 1 N–H and O–H groups in total. The molecular weight excluding hydrogens is 651 g/mol. The average molecular weight is 709 g/mol. The minimum Gasteiger partial charge on any atom is -0.445 e. The van der Waals surface area contributed by atoms with Gasteiger partial charge in [-0.3, -0.25) is 4.79 Å². The molecule has 1 saturated heterocycles. The Balaban J connectivity index is 0.00000126. The Morgan fingerprint density at radius 1 is 0.894 bits per heavy atom. The van der Waals surface area contributed by atoms with E-state index in [9.17, 15) is 9.59 Å². The summed E-state index contributed by atoms with van der Waals surface area (Å²) in [6.07, 6.45) is 10.3. The number of hydrogen-bond donors (Lipinski definition) is 2. The summed E-state index contributed by atoms with van der Waals surface area (Å²) in [6, 6.07) is 17.9. The Morgan fingerprint density at radius 3 is 2.02 bits per heavy atom. The van der Waals surface area contributed by atoms with Crippen molar-refractivity contribution in [2.75, 3.05) is 12.3 Å². The first-order valence-electron chi connectivity index (χ1n) is 16.4. The predicted molar refractivity (Wildman–Crippen MR) is 193 cm³/mol. The Hall–Kier alpha value is -1.97. The van der Waals surface area contributed by atoms with Gasteiger partial charge in [-0.15, -0.1) is 0 Å². The van der Waals surface area contributed by atoms with E-state index in [4.69, 9.17) is 14.0 Å². The molecule has 5 rings (SSSR count). The van der Waals surface area contributed by atoms with Crippen LogP contribution in [0.2, 0.25) is 0 Å². The summed E-state index contributed by atoms with van der Waals surface area (Å²) in [5.74, 6) is 0.905. The molecule has 7 nitrogen and oxygen atoms in total. The van der Waals surface area contributed by atoms with Crippen molar-refractivity contribution in [1.29, 1.82) is 0 Å². The van der Waals surface area contributed by atoms with E-state index in [1.807, 2.05) is 87.2 Å². The molecule has 2 amide bonds. The van der Waals surface area contributed by atoms with Crippen LogP contribution in [0, 0.1) is 20.8 Å². The molecule has 0 radical (unpaired) electrons. The molecule has 2 unspecified atom stereocenters. The van der Waals surface area contributed by atoms with Gasteiger partial charge < -0.3 is 39.1 Å². The Bertz CT molecular complexity index is 1170.